The van der Waals surface area contributed by atoms with E-state index in [0.717, 1.165) is 5.56 Å². The number of benzene rings is 1. The van der Waals surface area contributed by atoms with Crippen LogP contribution >= 0.6 is 0 Å². The summed E-state index contributed by atoms with van der Waals surface area (Å²) in [5, 5.41) is 11.2. The lowest BCUT2D eigenvalue weighted by molar-refractivity contribution is 0.198. The Morgan fingerprint density at radius 1 is 1.41 bits per heavy atom. The third kappa shape index (κ3) is 4.44. The maximum absolute atomic E-state index is 11.4. The fraction of sp³-hybridized carbons (Fsp3) is 0.462. The molecular formula is C13H19NO3. The van der Waals surface area contributed by atoms with Gasteiger partial charge in [-0.05, 0) is 24.0 Å². The highest BCUT2D eigenvalue weighted by molar-refractivity contribution is 5.70. The summed E-state index contributed by atoms with van der Waals surface area (Å²) in [6.45, 7) is 4.57. The molecule has 0 aliphatic heterocycles. The molecule has 0 unspecified atom stereocenters. The molecule has 0 fully saturated rings. The van der Waals surface area contributed by atoms with Gasteiger partial charge >= 0.3 is 6.09 Å². The summed E-state index contributed by atoms with van der Waals surface area (Å²) >= 11 is 0. The van der Waals surface area contributed by atoms with E-state index in [9.17, 15) is 4.79 Å². The van der Waals surface area contributed by atoms with Gasteiger partial charge in [-0.15, -0.1) is 0 Å². The van der Waals surface area contributed by atoms with Crippen LogP contribution in [0.1, 0.15) is 31.7 Å². The summed E-state index contributed by atoms with van der Waals surface area (Å²) in [6, 6.07) is 7.48. The Balaban J connectivity index is 2.58. The van der Waals surface area contributed by atoms with Crippen LogP contribution in [0.25, 0.3) is 0 Å². The molecule has 2 N–H and O–H groups in total. The van der Waals surface area contributed by atoms with Gasteiger partial charge in [0.25, 0.3) is 0 Å². The first-order chi connectivity index (χ1) is 8.15. The molecule has 1 amide bonds. The fourth-order valence-electron chi connectivity index (χ4n) is 1.46. The molecule has 94 valence electrons. The maximum atomic E-state index is 11.4. The van der Waals surface area contributed by atoms with Gasteiger partial charge in [0.1, 0.15) is 5.75 Å². The van der Waals surface area contributed by atoms with Gasteiger partial charge in [-0.3, -0.25) is 0 Å². The molecule has 0 saturated heterocycles. The van der Waals surface area contributed by atoms with E-state index >= 15 is 0 Å². The highest BCUT2D eigenvalue weighted by atomic mass is 16.6. The number of carbonyl (C=O) groups is 1. The van der Waals surface area contributed by atoms with Crippen molar-refractivity contribution < 1.29 is 14.6 Å². The maximum Gasteiger partial charge on any atom is 0.412 e. The van der Waals surface area contributed by atoms with Gasteiger partial charge in [0.05, 0.1) is 0 Å². The number of ether oxygens (including phenoxy) is 1. The molecule has 0 aliphatic carbocycles. The smallest absolute Gasteiger partial charge is 0.410 e. The minimum Gasteiger partial charge on any atom is -0.410 e. The average molecular weight is 237 g/mol. The topological polar surface area (TPSA) is 58.6 Å². The molecule has 1 aromatic rings. The number of aliphatic hydroxyl groups is 1. The number of hydrogen-bond acceptors (Lipinski definition) is 3. The third-order valence-corrected chi connectivity index (χ3v) is 2.35. The molecule has 0 atom stereocenters. The minimum atomic E-state index is -0.480. The minimum absolute atomic E-state index is 0.0584. The van der Waals surface area contributed by atoms with Crippen LogP contribution in [0.3, 0.4) is 0 Å². The molecule has 17 heavy (non-hydrogen) atoms. The molecule has 0 aromatic heterocycles. The van der Waals surface area contributed by atoms with Crippen molar-refractivity contribution in [1.82, 2.24) is 5.32 Å². The Morgan fingerprint density at radius 2 is 2.12 bits per heavy atom. The number of para-hydroxylation sites is 1. The highest BCUT2D eigenvalue weighted by Crippen LogP contribution is 2.25. The Bertz CT molecular complexity index is 363. The van der Waals surface area contributed by atoms with Gasteiger partial charge in [0.15, 0.2) is 0 Å². The lowest BCUT2D eigenvalue weighted by atomic mass is 10.0. The molecule has 0 saturated carbocycles. The Morgan fingerprint density at radius 3 is 2.76 bits per heavy atom. The van der Waals surface area contributed by atoms with Gasteiger partial charge in [-0.2, -0.15) is 0 Å². The van der Waals surface area contributed by atoms with Crippen LogP contribution in [0.15, 0.2) is 24.3 Å². The van der Waals surface area contributed by atoms with E-state index < -0.39 is 6.09 Å². The van der Waals surface area contributed by atoms with E-state index in [1.54, 1.807) is 6.07 Å². The molecule has 0 heterocycles. The van der Waals surface area contributed by atoms with Crippen LogP contribution in [0.2, 0.25) is 0 Å². The normalized spacial score (nSPS) is 10.4. The second-order valence-electron chi connectivity index (χ2n) is 4.09. The second kappa shape index (κ2) is 6.91. The predicted octanol–water partition coefficient (Wildman–Crippen LogP) is 2.28. The van der Waals surface area contributed by atoms with Gasteiger partial charge < -0.3 is 15.2 Å². The van der Waals surface area contributed by atoms with Crippen LogP contribution in [0, 0.1) is 0 Å². The number of amides is 1. The van der Waals surface area contributed by atoms with E-state index in [-0.39, 0.29) is 6.61 Å². The molecule has 0 spiro atoms. The molecule has 0 radical (unpaired) electrons. The Labute approximate surface area is 102 Å². The zero-order valence-electron chi connectivity index (χ0n) is 10.3. The van der Waals surface area contributed by atoms with Crippen molar-refractivity contribution in [2.45, 2.75) is 26.2 Å². The third-order valence-electron chi connectivity index (χ3n) is 2.35. The van der Waals surface area contributed by atoms with E-state index in [1.807, 2.05) is 32.0 Å². The Kier molecular flexibility index (Phi) is 5.49. The van der Waals surface area contributed by atoms with E-state index in [4.69, 9.17) is 9.84 Å². The van der Waals surface area contributed by atoms with Crippen LogP contribution in [0.5, 0.6) is 5.75 Å². The predicted molar refractivity (Wildman–Crippen MR) is 66.3 cm³/mol. The SMILES string of the molecule is CC(C)c1ccccc1OC(=O)NCCCO. The summed E-state index contributed by atoms with van der Waals surface area (Å²) in [4.78, 5) is 11.4. The van der Waals surface area contributed by atoms with Crippen LogP contribution in [-0.4, -0.2) is 24.4 Å². The van der Waals surface area contributed by atoms with Crippen molar-refractivity contribution in [1.29, 1.82) is 0 Å². The first-order valence-corrected chi connectivity index (χ1v) is 5.80. The average Bonchev–Trinajstić information content (AvgIpc) is 2.29. The molecular weight excluding hydrogens is 218 g/mol. The van der Waals surface area contributed by atoms with Crippen molar-refractivity contribution in [2.75, 3.05) is 13.2 Å². The number of carbonyl (C=O) groups excluding carboxylic acids is 1. The van der Waals surface area contributed by atoms with E-state index in [2.05, 4.69) is 5.32 Å². The zero-order valence-corrected chi connectivity index (χ0v) is 10.3. The molecule has 1 rings (SSSR count). The molecule has 4 nitrogen and oxygen atoms in total. The Hall–Kier alpha value is -1.55. The molecule has 1 aromatic carbocycles. The summed E-state index contributed by atoms with van der Waals surface area (Å²) in [7, 11) is 0. The standard InChI is InChI=1S/C13H19NO3/c1-10(2)11-6-3-4-7-12(11)17-13(16)14-8-5-9-15/h3-4,6-7,10,15H,5,8-9H2,1-2H3,(H,14,16). The molecule has 0 aliphatic rings. The highest BCUT2D eigenvalue weighted by Gasteiger charge is 2.10. The van der Waals surface area contributed by atoms with Crippen LogP contribution < -0.4 is 10.1 Å². The van der Waals surface area contributed by atoms with E-state index in [0.29, 0.717) is 24.6 Å². The first kappa shape index (κ1) is 13.5. The van der Waals surface area contributed by atoms with Crippen molar-refractivity contribution in [3.05, 3.63) is 29.8 Å². The number of aliphatic hydroxyl groups excluding tert-OH is 1. The number of rotatable bonds is 5. The second-order valence-corrected chi connectivity index (χ2v) is 4.09. The summed E-state index contributed by atoms with van der Waals surface area (Å²) in [5.74, 6) is 0.889. The van der Waals surface area contributed by atoms with Crippen molar-refractivity contribution in [3.8, 4) is 5.75 Å². The van der Waals surface area contributed by atoms with Crippen molar-refractivity contribution >= 4 is 6.09 Å². The van der Waals surface area contributed by atoms with Gasteiger partial charge in [0.2, 0.25) is 0 Å². The quantitative estimate of drug-likeness (QED) is 0.772. The van der Waals surface area contributed by atoms with Gasteiger partial charge in [0, 0.05) is 13.2 Å². The number of hydrogen-bond donors (Lipinski definition) is 2. The van der Waals surface area contributed by atoms with Crippen molar-refractivity contribution in [2.24, 2.45) is 0 Å². The molecule has 4 heteroatoms. The summed E-state index contributed by atoms with van der Waals surface area (Å²) in [5.41, 5.74) is 1.00. The lowest BCUT2D eigenvalue weighted by Gasteiger charge is -2.12. The summed E-state index contributed by atoms with van der Waals surface area (Å²) in [6.07, 6.45) is 0.0487. The zero-order chi connectivity index (χ0) is 12.7. The summed E-state index contributed by atoms with van der Waals surface area (Å²) < 4.78 is 5.22. The van der Waals surface area contributed by atoms with Crippen LogP contribution in [-0.2, 0) is 0 Å². The monoisotopic (exact) mass is 237 g/mol. The fourth-order valence-corrected chi connectivity index (χ4v) is 1.46. The number of nitrogens with one attached hydrogen (secondary N) is 1. The molecule has 0 bridgehead atoms. The lowest BCUT2D eigenvalue weighted by Crippen LogP contribution is -2.28. The van der Waals surface area contributed by atoms with E-state index in [1.165, 1.54) is 0 Å². The van der Waals surface area contributed by atoms with Crippen molar-refractivity contribution in [3.63, 3.8) is 0 Å². The van der Waals surface area contributed by atoms with Gasteiger partial charge in [-0.1, -0.05) is 32.0 Å². The largest absolute Gasteiger partial charge is 0.412 e. The first-order valence-electron chi connectivity index (χ1n) is 5.80. The van der Waals surface area contributed by atoms with Gasteiger partial charge in [-0.25, -0.2) is 4.79 Å². The van der Waals surface area contributed by atoms with Crippen LogP contribution in [0.4, 0.5) is 4.79 Å².